The lowest BCUT2D eigenvalue weighted by molar-refractivity contribution is -0.138. The van der Waals surface area contributed by atoms with E-state index in [-0.39, 0.29) is 16.5 Å². The second-order valence-electron chi connectivity index (χ2n) is 5.66. The molecule has 7 nitrogen and oxygen atoms in total. The zero-order chi connectivity index (χ0) is 17.0. The monoisotopic (exact) mass is 340 g/mol. The lowest BCUT2D eigenvalue weighted by atomic mass is 10.2. The van der Waals surface area contributed by atoms with Crippen molar-refractivity contribution >= 4 is 21.9 Å². The highest BCUT2D eigenvalue weighted by atomic mass is 32.2. The molecule has 126 valence electrons. The van der Waals surface area contributed by atoms with Crippen molar-refractivity contribution in [3.05, 3.63) is 29.8 Å². The minimum atomic E-state index is -3.69. The molecule has 1 amide bonds. The Hall–Kier alpha value is -1.93. The van der Waals surface area contributed by atoms with Crippen LogP contribution in [0.2, 0.25) is 0 Å². The average Bonchev–Trinajstić information content (AvgIpc) is 2.99. The van der Waals surface area contributed by atoms with Gasteiger partial charge in [-0.3, -0.25) is 9.59 Å². The van der Waals surface area contributed by atoms with E-state index in [1.165, 1.54) is 31.2 Å². The molecule has 1 aliphatic carbocycles. The molecule has 1 aromatic carbocycles. The van der Waals surface area contributed by atoms with Crippen molar-refractivity contribution in [1.82, 2.24) is 10.0 Å². The van der Waals surface area contributed by atoms with E-state index in [9.17, 15) is 18.0 Å². The molecule has 1 atom stereocenters. The van der Waals surface area contributed by atoms with Gasteiger partial charge >= 0.3 is 5.97 Å². The quantitative estimate of drug-likeness (QED) is 0.718. The number of carbonyl (C=O) groups is 2. The van der Waals surface area contributed by atoms with Gasteiger partial charge in [0.1, 0.15) is 6.04 Å². The van der Waals surface area contributed by atoms with Crippen molar-refractivity contribution in [2.24, 2.45) is 0 Å². The number of sulfonamides is 1. The highest BCUT2D eigenvalue weighted by Crippen LogP contribution is 2.20. The van der Waals surface area contributed by atoms with Crippen LogP contribution in [0.3, 0.4) is 0 Å². The summed E-state index contributed by atoms with van der Waals surface area (Å²) >= 11 is 0. The number of carboxylic acids is 1. The van der Waals surface area contributed by atoms with Gasteiger partial charge in [-0.25, -0.2) is 13.1 Å². The number of carbonyl (C=O) groups excluding carboxylic acids is 1. The number of hydrogen-bond donors (Lipinski definition) is 3. The molecule has 0 aliphatic heterocycles. The molecule has 0 radical (unpaired) electrons. The first kappa shape index (κ1) is 17.4. The van der Waals surface area contributed by atoms with Crippen molar-refractivity contribution in [2.75, 3.05) is 0 Å². The smallest absolute Gasteiger partial charge is 0.325 e. The summed E-state index contributed by atoms with van der Waals surface area (Å²) in [5.41, 5.74) is 0.104. The summed E-state index contributed by atoms with van der Waals surface area (Å²) in [5.74, 6) is -1.79. The van der Waals surface area contributed by atoms with Crippen LogP contribution in [-0.2, 0) is 14.8 Å². The van der Waals surface area contributed by atoms with Crippen LogP contribution in [-0.4, -0.2) is 37.5 Å². The molecular weight excluding hydrogens is 320 g/mol. The van der Waals surface area contributed by atoms with Crippen LogP contribution in [0.25, 0.3) is 0 Å². The Morgan fingerprint density at radius 1 is 1.26 bits per heavy atom. The normalized spacial score (nSPS) is 16.9. The van der Waals surface area contributed by atoms with E-state index in [0.29, 0.717) is 0 Å². The van der Waals surface area contributed by atoms with Gasteiger partial charge in [0, 0.05) is 11.6 Å². The molecule has 8 heteroatoms. The predicted molar refractivity (Wildman–Crippen MR) is 83.6 cm³/mol. The van der Waals surface area contributed by atoms with Gasteiger partial charge in [0.25, 0.3) is 5.91 Å². The van der Waals surface area contributed by atoms with Crippen molar-refractivity contribution in [2.45, 2.75) is 49.6 Å². The Morgan fingerprint density at radius 2 is 1.91 bits per heavy atom. The summed E-state index contributed by atoms with van der Waals surface area (Å²) in [5, 5.41) is 11.1. The number of nitrogens with one attached hydrogen (secondary N) is 2. The molecule has 0 spiro atoms. The lowest BCUT2D eigenvalue weighted by Crippen LogP contribution is -2.38. The van der Waals surface area contributed by atoms with Gasteiger partial charge in [-0.15, -0.1) is 0 Å². The van der Waals surface area contributed by atoms with E-state index >= 15 is 0 Å². The number of amides is 1. The lowest BCUT2D eigenvalue weighted by Gasteiger charge is -2.14. The maximum atomic E-state index is 12.4. The molecule has 0 unspecified atom stereocenters. The van der Waals surface area contributed by atoms with Crippen LogP contribution in [0, 0.1) is 0 Å². The first-order chi connectivity index (χ1) is 10.8. The SMILES string of the molecule is C[C@H](NC(=O)c1cccc(S(=O)(=O)NC2CCCC2)c1)C(=O)O. The fourth-order valence-corrected chi connectivity index (χ4v) is 3.83. The zero-order valence-electron chi connectivity index (χ0n) is 12.8. The number of hydrogen-bond acceptors (Lipinski definition) is 4. The van der Waals surface area contributed by atoms with Crippen LogP contribution >= 0.6 is 0 Å². The van der Waals surface area contributed by atoms with Gasteiger partial charge < -0.3 is 10.4 Å². The Labute approximate surface area is 135 Å². The van der Waals surface area contributed by atoms with Gasteiger partial charge in [-0.2, -0.15) is 0 Å². The van der Waals surface area contributed by atoms with Crippen LogP contribution in [0.4, 0.5) is 0 Å². The summed E-state index contributed by atoms with van der Waals surface area (Å²) in [6.45, 7) is 1.34. The molecule has 1 saturated carbocycles. The van der Waals surface area contributed by atoms with Crippen LogP contribution in [0.15, 0.2) is 29.2 Å². The first-order valence-corrected chi connectivity index (χ1v) is 8.94. The van der Waals surface area contributed by atoms with E-state index in [0.717, 1.165) is 25.7 Å². The van der Waals surface area contributed by atoms with Crippen molar-refractivity contribution in [3.8, 4) is 0 Å². The molecule has 0 heterocycles. The van der Waals surface area contributed by atoms with E-state index in [1.54, 1.807) is 0 Å². The average molecular weight is 340 g/mol. The Kier molecular flexibility index (Phi) is 5.38. The minimum Gasteiger partial charge on any atom is -0.480 e. The minimum absolute atomic E-state index is 0.0000260. The van der Waals surface area contributed by atoms with E-state index < -0.39 is 27.9 Å². The number of benzene rings is 1. The third kappa shape index (κ3) is 4.52. The molecule has 23 heavy (non-hydrogen) atoms. The van der Waals surface area contributed by atoms with E-state index in [1.807, 2.05) is 0 Å². The van der Waals surface area contributed by atoms with E-state index in [4.69, 9.17) is 5.11 Å². The maximum Gasteiger partial charge on any atom is 0.325 e. The second kappa shape index (κ2) is 7.10. The van der Waals surface area contributed by atoms with Gasteiger partial charge in [-0.05, 0) is 38.0 Å². The molecule has 2 rings (SSSR count). The third-order valence-electron chi connectivity index (χ3n) is 3.80. The Bertz CT molecular complexity index is 696. The fourth-order valence-electron chi connectivity index (χ4n) is 2.48. The second-order valence-corrected chi connectivity index (χ2v) is 7.38. The number of rotatable bonds is 6. The summed E-state index contributed by atoms with van der Waals surface area (Å²) in [4.78, 5) is 22.8. The van der Waals surface area contributed by atoms with Gasteiger partial charge in [0.05, 0.1) is 4.90 Å². The zero-order valence-corrected chi connectivity index (χ0v) is 13.6. The van der Waals surface area contributed by atoms with Crippen molar-refractivity contribution in [3.63, 3.8) is 0 Å². The number of carboxylic acid groups (broad SMARTS) is 1. The van der Waals surface area contributed by atoms with E-state index in [2.05, 4.69) is 10.0 Å². The summed E-state index contributed by atoms with van der Waals surface area (Å²) in [6, 6.07) is 4.45. The van der Waals surface area contributed by atoms with Crippen LogP contribution in [0.5, 0.6) is 0 Å². The van der Waals surface area contributed by atoms with Crippen molar-refractivity contribution in [1.29, 1.82) is 0 Å². The van der Waals surface area contributed by atoms with Crippen LogP contribution in [0.1, 0.15) is 43.0 Å². The predicted octanol–water partition coefficient (Wildman–Crippen LogP) is 1.11. The van der Waals surface area contributed by atoms with Gasteiger partial charge in [-0.1, -0.05) is 18.9 Å². The molecule has 0 saturated heterocycles. The molecule has 1 aliphatic rings. The molecule has 1 aromatic rings. The molecule has 0 aromatic heterocycles. The van der Waals surface area contributed by atoms with Gasteiger partial charge in [0.15, 0.2) is 0 Å². The summed E-state index contributed by atoms with van der Waals surface area (Å²) in [6.07, 6.45) is 3.64. The Morgan fingerprint density at radius 3 is 2.52 bits per heavy atom. The highest BCUT2D eigenvalue weighted by molar-refractivity contribution is 7.89. The topological polar surface area (TPSA) is 113 Å². The Balaban J connectivity index is 2.15. The standard InChI is InChI=1S/C15H20N2O5S/c1-10(15(19)20)16-14(18)11-5-4-8-13(9-11)23(21,22)17-12-6-2-3-7-12/h4-5,8-10,12,17H,2-3,6-7H2,1H3,(H,16,18)(H,19,20)/t10-/m0/s1. The molecule has 1 fully saturated rings. The van der Waals surface area contributed by atoms with Crippen LogP contribution < -0.4 is 10.0 Å². The summed E-state index contributed by atoms with van der Waals surface area (Å²) < 4.78 is 27.4. The molecule has 0 bridgehead atoms. The highest BCUT2D eigenvalue weighted by Gasteiger charge is 2.24. The fraction of sp³-hybridized carbons (Fsp3) is 0.467. The largest absolute Gasteiger partial charge is 0.480 e. The number of aliphatic carboxylic acids is 1. The molecule has 3 N–H and O–H groups in total. The first-order valence-electron chi connectivity index (χ1n) is 7.45. The summed E-state index contributed by atoms with van der Waals surface area (Å²) in [7, 11) is -3.69. The van der Waals surface area contributed by atoms with Gasteiger partial charge in [0.2, 0.25) is 10.0 Å². The maximum absolute atomic E-state index is 12.4. The van der Waals surface area contributed by atoms with Crippen molar-refractivity contribution < 1.29 is 23.1 Å². The molecular formula is C15H20N2O5S. The third-order valence-corrected chi connectivity index (χ3v) is 5.32.